The van der Waals surface area contributed by atoms with Crippen molar-refractivity contribution in [3.63, 3.8) is 0 Å². The Hall–Kier alpha value is -4.12. The molecule has 1 heterocycles. The number of carbonyl (C=O) groups is 2. The summed E-state index contributed by atoms with van der Waals surface area (Å²) >= 11 is 0. The van der Waals surface area contributed by atoms with Crippen molar-refractivity contribution in [1.82, 2.24) is 4.98 Å². The molecular formula is C28H26N2O3. The van der Waals surface area contributed by atoms with Gasteiger partial charge < -0.3 is 15.0 Å². The average molecular weight is 439 g/mol. The number of anilines is 1. The van der Waals surface area contributed by atoms with Crippen LogP contribution in [0.4, 0.5) is 5.69 Å². The topological polar surface area (TPSA) is 71.2 Å². The molecule has 2 N–H and O–H groups in total. The molecule has 0 unspecified atom stereocenters. The second-order valence-electron chi connectivity index (χ2n) is 7.82. The van der Waals surface area contributed by atoms with Crippen LogP contribution >= 0.6 is 0 Å². The quantitative estimate of drug-likeness (QED) is 0.342. The normalized spacial score (nSPS) is 10.6. The molecule has 0 atom stereocenters. The van der Waals surface area contributed by atoms with E-state index in [0.717, 1.165) is 39.2 Å². The Balaban J connectivity index is 1.49. The highest BCUT2D eigenvalue weighted by Crippen LogP contribution is 2.30. The molecule has 4 rings (SSSR count). The van der Waals surface area contributed by atoms with Crippen LogP contribution in [0.2, 0.25) is 0 Å². The van der Waals surface area contributed by atoms with Crippen molar-refractivity contribution in [2.75, 3.05) is 11.9 Å². The van der Waals surface area contributed by atoms with E-state index >= 15 is 0 Å². The van der Waals surface area contributed by atoms with Crippen molar-refractivity contribution in [3.05, 3.63) is 101 Å². The molecule has 1 amide bonds. The van der Waals surface area contributed by atoms with Crippen LogP contribution in [0.1, 0.15) is 39.0 Å². The van der Waals surface area contributed by atoms with Crippen LogP contribution in [-0.2, 0) is 4.74 Å². The van der Waals surface area contributed by atoms with E-state index in [1.165, 1.54) is 0 Å². The predicted molar refractivity (Wildman–Crippen MR) is 131 cm³/mol. The molecule has 0 aliphatic carbocycles. The van der Waals surface area contributed by atoms with E-state index < -0.39 is 0 Å². The lowest BCUT2D eigenvalue weighted by atomic mass is 10.00. The number of aromatic nitrogens is 1. The van der Waals surface area contributed by atoms with Crippen LogP contribution in [0.5, 0.6) is 0 Å². The molecule has 5 nitrogen and oxygen atoms in total. The molecule has 0 saturated heterocycles. The summed E-state index contributed by atoms with van der Waals surface area (Å²) in [5.74, 6) is -0.539. The number of aryl methyl sites for hydroxylation is 1. The van der Waals surface area contributed by atoms with Gasteiger partial charge in [-0.15, -0.1) is 0 Å². The largest absolute Gasteiger partial charge is 0.461 e. The Morgan fingerprint density at radius 3 is 2.06 bits per heavy atom. The van der Waals surface area contributed by atoms with Crippen LogP contribution in [0.25, 0.3) is 22.3 Å². The molecule has 0 bridgehead atoms. The Labute approximate surface area is 193 Å². The zero-order valence-corrected chi connectivity index (χ0v) is 18.9. The maximum atomic E-state index is 12.7. The van der Waals surface area contributed by atoms with Gasteiger partial charge in [0, 0.05) is 22.5 Å². The number of ether oxygens (including phenoxy) is 1. The molecule has 3 aromatic carbocycles. The lowest BCUT2D eigenvalue weighted by Gasteiger charge is -2.08. The smallest absolute Gasteiger partial charge is 0.355 e. The molecule has 0 spiro atoms. The number of hydrogen-bond donors (Lipinski definition) is 2. The van der Waals surface area contributed by atoms with Gasteiger partial charge in [0.05, 0.1) is 6.61 Å². The van der Waals surface area contributed by atoms with Gasteiger partial charge in [-0.05, 0) is 67.3 Å². The number of nitrogens with one attached hydrogen (secondary N) is 2. The highest BCUT2D eigenvalue weighted by atomic mass is 16.5. The Kier molecular flexibility index (Phi) is 6.41. The Bertz CT molecular complexity index is 1270. The highest BCUT2D eigenvalue weighted by Gasteiger charge is 2.19. The van der Waals surface area contributed by atoms with E-state index in [0.29, 0.717) is 17.9 Å². The van der Waals surface area contributed by atoms with E-state index in [2.05, 4.69) is 22.4 Å². The maximum absolute atomic E-state index is 12.7. The van der Waals surface area contributed by atoms with Gasteiger partial charge in [-0.25, -0.2) is 4.79 Å². The second-order valence-corrected chi connectivity index (χ2v) is 7.82. The summed E-state index contributed by atoms with van der Waals surface area (Å²) in [6.45, 7) is 5.92. The molecule has 1 aromatic heterocycles. The van der Waals surface area contributed by atoms with E-state index in [4.69, 9.17) is 4.74 Å². The van der Waals surface area contributed by atoms with Crippen LogP contribution in [-0.4, -0.2) is 23.5 Å². The lowest BCUT2D eigenvalue weighted by molar-refractivity contribution is 0.0519. The van der Waals surface area contributed by atoms with Crippen LogP contribution in [0.15, 0.2) is 78.9 Å². The standard InChI is InChI=1S/C28H26N2O3/c1-4-33-28(32)26-18(2)25(19(3)29-26)22-10-12-23(13-11-22)27(31)30-24-16-14-21(15-17-24)20-8-6-5-7-9-20/h5-17,29H,4H2,1-3H3,(H,30,31). The molecule has 0 radical (unpaired) electrons. The van der Waals surface area contributed by atoms with Crippen molar-refractivity contribution >= 4 is 17.6 Å². The summed E-state index contributed by atoms with van der Waals surface area (Å²) < 4.78 is 5.13. The van der Waals surface area contributed by atoms with Gasteiger partial charge >= 0.3 is 5.97 Å². The van der Waals surface area contributed by atoms with E-state index in [1.807, 2.05) is 68.4 Å². The van der Waals surface area contributed by atoms with Gasteiger partial charge in [0.1, 0.15) is 5.69 Å². The van der Waals surface area contributed by atoms with Crippen molar-refractivity contribution in [3.8, 4) is 22.3 Å². The summed E-state index contributed by atoms with van der Waals surface area (Å²) in [7, 11) is 0. The molecule has 33 heavy (non-hydrogen) atoms. The van der Waals surface area contributed by atoms with Crippen molar-refractivity contribution in [1.29, 1.82) is 0 Å². The zero-order chi connectivity index (χ0) is 23.4. The average Bonchev–Trinajstić information content (AvgIpc) is 3.14. The van der Waals surface area contributed by atoms with E-state index in [9.17, 15) is 9.59 Å². The number of hydrogen-bond acceptors (Lipinski definition) is 3. The summed E-state index contributed by atoms with van der Waals surface area (Å²) in [4.78, 5) is 28.0. The summed E-state index contributed by atoms with van der Waals surface area (Å²) in [6.07, 6.45) is 0. The SMILES string of the molecule is CCOC(=O)c1[nH]c(C)c(-c2ccc(C(=O)Nc3ccc(-c4ccccc4)cc3)cc2)c1C. The Morgan fingerprint density at radius 2 is 1.42 bits per heavy atom. The van der Waals surface area contributed by atoms with E-state index in [1.54, 1.807) is 19.1 Å². The monoisotopic (exact) mass is 438 g/mol. The van der Waals surface area contributed by atoms with Gasteiger partial charge in [-0.1, -0.05) is 54.6 Å². The summed E-state index contributed by atoms with van der Waals surface area (Å²) in [5, 5.41) is 2.95. The van der Waals surface area contributed by atoms with Crippen LogP contribution in [0.3, 0.4) is 0 Å². The number of amides is 1. The summed E-state index contributed by atoms with van der Waals surface area (Å²) in [5.41, 5.74) is 7.58. The number of benzene rings is 3. The first-order valence-corrected chi connectivity index (χ1v) is 10.9. The number of aromatic amines is 1. The number of H-pyrrole nitrogens is 1. The van der Waals surface area contributed by atoms with Gasteiger partial charge in [0.2, 0.25) is 0 Å². The van der Waals surface area contributed by atoms with Gasteiger partial charge in [0.25, 0.3) is 5.91 Å². The van der Waals surface area contributed by atoms with Crippen molar-refractivity contribution in [2.24, 2.45) is 0 Å². The lowest BCUT2D eigenvalue weighted by Crippen LogP contribution is -2.11. The third kappa shape index (κ3) is 4.72. The molecular weight excluding hydrogens is 412 g/mol. The minimum absolute atomic E-state index is 0.177. The van der Waals surface area contributed by atoms with Crippen molar-refractivity contribution in [2.45, 2.75) is 20.8 Å². The predicted octanol–water partition coefficient (Wildman–Crippen LogP) is 6.39. The molecule has 4 aromatic rings. The number of rotatable bonds is 6. The van der Waals surface area contributed by atoms with Crippen LogP contribution < -0.4 is 5.32 Å². The van der Waals surface area contributed by atoms with Gasteiger partial charge in [0.15, 0.2) is 0 Å². The first kappa shape index (κ1) is 22.1. The fourth-order valence-electron chi connectivity index (χ4n) is 3.96. The molecule has 0 fully saturated rings. The molecule has 0 saturated carbocycles. The van der Waals surface area contributed by atoms with Crippen molar-refractivity contribution < 1.29 is 14.3 Å². The minimum Gasteiger partial charge on any atom is -0.461 e. The second kappa shape index (κ2) is 9.57. The number of esters is 1. The third-order valence-electron chi connectivity index (χ3n) is 5.60. The molecule has 166 valence electrons. The molecule has 0 aliphatic heterocycles. The molecule has 5 heteroatoms. The maximum Gasteiger partial charge on any atom is 0.355 e. The molecule has 0 aliphatic rings. The van der Waals surface area contributed by atoms with Gasteiger partial charge in [-0.2, -0.15) is 0 Å². The summed E-state index contributed by atoms with van der Waals surface area (Å²) in [6, 6.07) is 25.3. The minimum atomic E-state index is -0.362. The zero-order valence-electron chi connectivity index (χ0n) is 18.9. The highest BCUT2D eigenvalue weighted by molar-refractivity contribution is 6.04. The fraction of sp³-hybridized carbons (Fsp3) is 0.143. The third-order valence-corrected chi connectivity index (χ3v) is 5.60. The first-order chi connectivity index (χ1) is 16.0. The van der Waals surface area contributed by atoms with Gasteiger partial charge in [-0.3, -0.25) is 4.79 Å². The Morgan fingerprint density at radius 1 is 0.818 bits per heavy atom. The van der Waals surface area contributed by atoms with Crippen LogP contribution in [0, 0.1) is 13.8 Å². The van der Waals surface area contributed by atoms with E-state index in [-0.39, 0.29) is 11.9 Å². The number of carbonyl (C=O) groups excluding carboxylic acids is 2. The first-order valence-electron chi connectivity index (χ1n) is 10.9. The fourth-order valence-corrected chi connectivity index (χ4v) is 3.96.